The van der Waals surface area contributed by atoms with Crippen molar-refractivity contribution < 1.29 is 13.5 Å². The molecule has 26 heavy (non-hydrogen) atoms. The second-order valence-corrected chi connectivity index (χ2v) is 7.23. The lowest BCUT2D eigenvalue weighted by atomic mass is 9.93. The minimum atomic E-state index is -0.654. The topological polar surface area (TPSA) is 65.4 Å². The van der Waals surface area contributed by atoms with Crippen molar-refractivity contribution in [2.75, 3.05) is 6.61 Å². The summed E-state index contributed by atoms with van der Waals surface area (Å²) >= 11 is 0. The number of fused-ring (bicyclic) bond motifs is 1. The molecule has 0 bridgehead atoms. The number of hydrogen-bond donors (Lipinski definition) is 1. The van der Waals surface area contributed by atoms with Crippen LogP contribution in [-0.4, -0.2) is 26.7 Å². The summed E-state index contributed by atoms with van der Waals surface area (Å²) in [5.74, 6) is -1.04. The van der Waals surface area contributed by atoms with Crippen LogP contribution >= 0.6 is 0 Å². The minimum absolute atomic E-state index is 0.0867. The zero-order chi connectivity index (χ0) is 18.9. The van der Waals surface area contributed by atoms with Gasteiger partial charge in [-0.15, -0.1) is 0 Å². The number of hydrogen-bond acceptors (Lipinski definition) is 4. The molecule has 0 amide bonds. The predicted octanol–water partition coefficient (Wildman–Crippen LogP) is 3.82. The molecule has 0 spiro atoms. The fourth-order valence-electron chi connectivity index (χ4n) is 3.11. The largest absolute Gasteiger partial charge is 0.489 e. The lowest BCUT2D eigenvalue weighted by Crippen LogP contribution is -2.43. The van der Waals surface area contributed by atoms with Crippen molar-refractivity contribution in [2.24, 2.45) is 11.7 Å². The molecule has 1 unspecified atom stereocenters. The Balaban J connectivity index is 1.88. The van der Waals surface area contributed by atoms with Gasteiger partial charge in [0.2, 0.25) is 0 Å². The maximum absolute atomic E-state index is 14.6. The number of nitrogens with zero attached hydrogens (tertiary/aromatic N) is 3. The van der Waals surface area contributed by atoms with Crippen LogP contribution in [0.3, 0.4) is 0 Å². The molecule has 2 aromatic heterocycles. The molecule has 0 saturated heterocycles. The molecule has 2 heterocycles. The van der Waals surface area contributed by atoms with Crippen molar-refractivity contribution in [1.29, 1.82) is 0 Å². The summed E-state index contributed by atoms with van der Waals surface area (Å²) in [6.07, 6.45) is 3.79. The lowest BCUT2D eigenvalue weighted by Gasteiger charge is -2.26. The third-order valence-corrected chi connectivity index (χ3v) is 4.02. The quantitative estimate of drug-likeness (QED) is 0.726. The molecule has 0 aliphatic heterocycles. The van der Waals surface area contributed by atoms with E-state index in [0.717, 1.165) is 12.1 Å². The summed E-state index contributed by atoms with van der Waals surface area (Å²) in [7, 11) is 0. The molecule has 3 rings (SSSR count). The monoisotopic (exact) mass is 360 g/mol. The van der Waals surface area contributed by atoms with Gasteiger partial charge in [0.25, 0.3) is 0 Å². The smallest absolute Gasteiger partial charge is 0.165 e. The van der Waals surface area contributed by atoms with Crippen LogP contribution in [0.2, 0.25) is 0 Å². The molecule has 0 fully saturated rings. The van der Waals surface area contributed by atoms with Crippen molar-refractivity contribution in [3.05, 3.63) is 48.3 Å². The van der Waals surface area contributed by atoms with Gasteiger partial charge in [0.15, 0.2) is 17.2 Å². The van der Waals surface area contributed by atoms with Crippen molar-refractivity contribution in [3.63, 3.8) is 0 Å². The van der Waals surface area contributed by atoms with Crippen molar-refractivity contribution >= 4 is 5.65 Å². The molecule has 2 N–H and O–H groups in total. The average molecular weight is 360 g/mol. The van der Waals surface area contributed by atoms with Crippen molar-refractivity contribution in [3.8, 4) is 17.0 Å². The number of ether oxygens (including phenoxy) is 1. The molecule has 3 aromatic rings. The zero-order valence-electron chi connectivity index (χ0n) is 15.0. The average Bonchev–Trinajstić information content (AvgIpc) is 3.03. The maximum Gasteiger partial charge on any atom is 0.165 e. The summed E-state index contributed by atoms with van der Waals surface area (Å²) in [5, 5.41) is 4.10. The second kappa shape index (κ2) is 6.99. The van der Waals surface area contributed by atoms with Crippen molar-refractivity contribution in [2.45, 2.75) is 32.7 Å². The maximum atomic E-state index is 14.6. The van der Waals surface area contributed by atoms with E-state index in [0.29, 0.717) is 23.7 Å². The highest BCUT2D eigenvalue weighted by molar-refractivity contribution is 5.64. The molecule has 0 aliphatic carbocycles. The second-order valence-electron chi connectivity index (χ2n) is 7.23. The fourth-order valence-corrected chi connectivity index (χ4v) is 3.11. The molecule has 0 radical (unpaired) electrons. The first-order chi connectivity index (χ1) is 12.3. The summed E-state index contributed by atoms with van der Waals surface area (Å²) in [6.45, 7) is 6.02. The van der Waals surface area contributed by atoms with Crippen LogP contribution in [0, 0.1) is 17.6 Å². The van der Waals surface area contributed by atoms with Gasteiger partial charge in [-0.25, -0.2) is 18.3 Å². The Hall–Kier alpha value is -2.54. The zero-order valence-corrected chi connectivity index (χ0v) is 15.0. The number of rotatable bonds is 6. The number of benzene rings is 1. The Bertz CT molecular complexity index is 921. The summed E-state index contributed by atoms with van der Waals surface area (Å²) < 4.78 is 36.1. The molecule has 138 valence electrons. The van der Waals surface area contributed by atoms with E-state index in [-0.39, 0.29) is 17.9 Å². The Morgan fingerprint density at radius 1 is 1.19 bits per heavy atom. The highest BCUT2D eigenvalue weighted by Crippen LogP contribution is 2.29. The van der Waals surface area contributed by atoms with E-state index in [9.17, 15) is 8.78 Å². The Morgan fingerprint density at radius 2 is 1.96 bits per heavy atom. The molecular weight excluding hydrogens is 338 g/mol. The van der Waals surface area contributed by atoms with Crippen LogP contribution in [0.25, 0.3) is 16.9 Å². The number of halogens is 2. The molecule has 1 aromatic carbocycles. The molecular formula is C19H22F2N4O. The van der Waals surface area contributed by atoms with Crippen LogP contribution in [0.5, 0.6) is 5.75 Å². The van der Waals surface area contributed by atoms with Crippen LogP contribution in [-0.2, 0) is 0 Å². The van der Waals surface area contributed by atoms with Gasteiger partial charge in [-0.3, -0.25) is 0 Å². The first kappa shape index (κ1) is 18.3. The molecule has 7 heteroatoms. The first-order valence-corrected chi connectivity index (χ1v) is 8.47. The van der Waals surface area contributed by atoms with Crippen LogP contribution in [0.4, 0.5) is 8.78 Å². The van der Waals surface area contributed by atoms with Crippen LogP contribution in [0.15, 0.2) is 36.7 Å². The highest BCUT2D eigenvalue weighted by Gasteiger charge is 2.23. The van der Waals surface area contributed by atoms with Crippen LogP contribution in [0.1, 0.15) is 27.2 Å². The summed E-state index contributed by atoms with van der Waals surface area (Å²) in [4.78, 5) is 4.12. The van der Waals surface area contributed by atoms with Gasteiger partial charge in [0.1, 0.15) is 12.4 Å². The van der Waals surface area contributed by atoms with E-state index in [2.05, 4.69) is 10.1 Å². The number of aromatic nitrogens is 3. The molecule has 5 nitrogen and oxygen atoms in total. The summed E-state index contributed by atoms with van der Waals surface area (Å²) in [5.41, 5.74) is 6.59. The van der Waals surface area contributed by atoms with Gasteiger partial charge < -0.3 is 10.5 Å². The minimum Gasteiger partial charge on any atom is -0.489 e. The fraction of sp³-hybridized carbons (Fsp3) is 0.368. The van der Waals surface area contributed by atoms with Gasteiger partial charge in [-0.2, -0.15) is 5.10 Å². The third kappa shape index (κ3) is 3.83. The SMILES string of the molecule is CC(C)CC(C)(N)COc1cc(F)c(-c2ccnc3ccnn23)cc1F. The molecule has 0 saturated carbocycles. The Kier molecular flexibility index (Phi) is 4.91. The molecule has 1 atom stereocenters. The third-order valence-electron chi connectivity index (χ3n) is 4.02. The Labute approximate surface area is 150 Å². The van der Waals surface area contributed by atoms with Gasteiger partial charge in [-0.1, -0.05) is 13.8 Å². The highest BCUT2D eigenvalue weighted by atomic mass is 19.1. The van der Waals surface area contributed by atoms with Gasteiger partial charge in [-0.05, 0) is 31.4 Å². The van der Waals surface area contributed by atoms with Crippen molar-refractivity contribution in [1.82, 2.24) is 14.6 Å². The van der Waals surface area contributed by atoms with E-state index < -0.39 is 17.2 Å². The standard InChI is InChI=1S/C19H22F2N4O/c1-12(2)10-19(3,22)11-26-17-9-14(20)13(8-15(17)21)16-4-6-23-18-5-7-24-25(16)18/h4-9,12H,10-11,22H2,1-3H3. The normalized spacial score (nSPS) is 14.0. The van der Waals surface area contributed by atoms with E-state index in [1.807, 2.05) is 20.8 Å². The van der Waals surface area contributed by atoms with Crippen LogP contribution < -0.4 is 10.5 Å². The van der Waals surface area contributed by atoms with E-state index in [4.69, 9.17) is 10.5 Å². The first-order valence-electron chi connectivity index (χ1n) is 8.47. The molecule has 0 aliphatic rings. The van der Waals surface area contributed by atoms with Gasteiger partial charge >= 0.3 is 0 Å². The van der Waals surface area contributed by atoms with E-state index in [1.165, 1.54) is 10.7 Å². The van der Waals surface area contributed by atoms with Gasteiger partial charge in [0, 0.05) is 29.4 Å². The Morgan fingerprint density at radius 3 is 2.69 bits per heavy atom. The van der Waals surface area contributed by atoms with E-state index in [1.54, 1.807) is 18.3 Å². The van der Waals surface area contributed by atoms with Gasteiger partial charge in [0.05, 0.1) is 11.9 Å². The number of nitrogens with two attached hydrogens (primary N) is 1. The summed E-state index contributed by atoms with van der Waals surface area (Å²) in [6, 6.07) is 5.42. The van der Waals surface area contributed by atoms with E-state index >= 15 is 0 Å². The lowest BCUT2D eigenvalue weighted by molar-refractivity contribution is 0.199. The predicted molar refractivity (Wildman–Crippen MR) is 95.9 cm³/mol.